The largest absolute Gasteiger partial charge is 0.465 e. The Bertz CT molecular complexity index is 96.1. The van der Waals surface area contributed by atoms with Gasteiger partial charge in [0.2, 0.25) is 0 Å². The molecule has 0 aromatic heterocycles. The van der Waals surface area contributed by atoms with Crippen molar-refractivity contribution >= 4 is 19.5 Å². The lowest BCUT2D eigenvalue weighted by molar-refractivity contribution is 0.603. The van der Waals surface area contributed by atoms with E-state index in [0.29, 0.717) is 0 Å². The summed E-state index contributed by atoms with van der Waals surface area (Å²) in [6.45, 7) is 1.65. The number of hydrogen-bond donors (Lipinski definition) is 2. The Morgan fingerprint density at radius 2 is 1.38 bits per heavy atom. The van der Waals surface area contributed by atoms with Gasteiger partial charge in [-0.1, -0.05) is 12.8 Å². The summed E-state index contributed by atoms with van der Waals surface area (Å²) in [4.78, 5) is 0. The van der Waals surface area contributed by atoms with Gasteiger partial charge in [-0.05, 0) is 38.0 Å². The third-order valence-electron chi connectivity index (χ3n) is 2.29. The van der Waals surface area contributed by atoms with Crippen LogP contribution in [0.5, 0.6) is 0 Å². The molecule has 0 saturated carbocycles. The second kappa shape index (κ2) is 10.4. The van der Waals surface area contributed by atoms with Crippen LogP contribution >= 0.6 is 0 Å². The Hall–Kier alpha value is 0.314. The summed E-state index contributed by atoms with van der Waals surface area (Å²) in [7, 11) is 0.0825. The zero-order valence-corrected chi connectivity index (χ0v) is 12.0. The highest BCUT2D eigenvalue weighted by Crippen LogP contribution is 2.09. The third-order valence-corrected chi connectivity index (χ3v) is 7.06. The first-order valence-corrected chi connectivity index (χ1v) is 8.20. The summed E-state index contributed by atoms with van der Waals surface area (Å²) >= 11 is 0. The molecule has 0 heterocycles. The van der Waals surface area contributed by atoms with E-state index in [1.54, 1.807) is 0 Å². The maximum atomic E-state index is 5.64. The summed E-state index contributed by atoms with van der Waals surface area (Å²) in [5.74, 6) is 0. The number of unbranched alkanes of at least 4 members (excludes halogenated alkanes) is 2. The Kier molecular flexibility index (Phi) is 10.6. The molecule has 3 nitrogen and oxygen atoms in total. The quantitative estimate of drug-likeness (QED) is 0.406. The molecular weight excluding hydrogens is 196 g/mol. The highest BCUT2D eigenvalue weighted by molar-refractivity contribution is 6.55. The van der Waals surface area contributed by atoms with Gasteiger partial charge in [0, 0.05) is 0 Å². The average Bonchev–Trinajstić information content (AvgIpc) is 2.16. The minimum absolute atomic E-state index is 0.824. The van der Waals surface area contributed by atoms with Crippen molar-refractivity contribution in [2.24, 2.45) is 11.5 Å². The van der Waals surface area contributed by atoms with E-state index >= 15 is 0 Å². The summed E-state index contributed by atoms with van der Waals surface area (Å²) in [5.41, 5.74) is 10.9. The summed E-state index contributed by atoms with van der Waals surface area (Å²) < 4.78 is 5.64. The van der Waals surface area contributed by atoms with Gasteiger partial charge in [0.15, 0.2) is 9.04 Å². The van der Waals surface area contributed by atoms with Crippen LogP contribution in [0.25, 0.3) is 0 Å². The van der Waals surface area contributed by atoms with Crippen molar-refractivity contribution < 1.29 is 4.12 Å². The molecule has 0 spiro atoms. The number of hydrogen-bond acceptors (Lipinski definition) is 3. The van der Waals surface area contributed by atoms with Gasteiger partial charge in [-0.3, -0.25) is 0 Å². The Labute approximate surface area is 86.5 Å². The zero-order chi connectivity index (χ0) is 9.94. The normalized spacial score (nSPS) is 11.3. The van der Waals surface area contributed by atoms with E-state index in [-0.39, 0.29) is 0 Å². The molecule has 0 radical (unpaired) electrons. The molecule has 0 aromatic carbocycles. The van der Waals surface area contributed by atoms with Gasteiger partial charge in [-0.25, -0.2) is 0 Å². The molecule has 0 atom stereocenters. The van der Waals surface area contributed by atoms with Crippen LogP contribution in [0.4, 0.5) is 0 Å². The smallest absolute Gasteiger partial charge is 0.162 e. The van der Waals surface area contributed by atoms with Crippen molar-refractivity contribution in [1.29, 1.82) is 0 Å². The van der Waals surface area contributed by atoms with Gasteiger partial charge < -0.3 is 15.6 Å². The van der Waals surface area contributed by atoms with Crippen LogP contribution in [0.3, 0.4) is 0 Å². The zero-order valence-electron chi connectivity index (χ0n) is 8.80. The van der Waals surface area contributed by atoms with Crippen LogP contribution in [0.15, 0.2) is 0 Å². The molecule has 0 bridgehead atoms. The summed E-state index contributed by atoms with van der Waals surface area (Å²) in [6, 6.07) is 2.62. The van der Waals surface area contributed by atoms with Gasteiger partial charge >= 0.3 is 0 Å². The minimum atomic E-state index is -0.826. The molecule has 0 aliphatic carbocycles. The van der Waals surface area contributed by atoms with Crippen molar-refractivity contribution in [3.8, 4) is 0 Å². The molecule has 0 aliphatic rings. The Morgan fingerprint density at radius 3 is 1.69 bits per heavy atom. The van der Waals surface area contributed by atoms with Crippen molar-refractivity contribution in [2.45, 2.75) is 37.8 Å². The number of rotatable bonds is 9. The first-order valence-electron chi connectivity index (χ1n) is 5.28. The molecule has 0 aromatic rings. The fraction of sp³-hybridized carbons (Fsp3) is 1.00. The van der Waals surface area contributed by atoms with E-state index in [0.717, 1.165) is 36.4 Å². The van der Waals surface area contributed by atoms with E-state index in [9.17, 15) is 0 Å². The van der Waals surface area contributed by atoms with Crippen molar-refractivity contribution in [2.75, 3.05) is 13.1 Å². The molecule has 0 fully saturated rings. The predicted octanol–water partition coefficient (Wildman–Crippen LogP) is -0.515. The van der Waals surface area contributed by atoms with Crippen molar-refractivity contribution in [3.05, 3.63) is 0 Å². The lowest BCUT2D eigenvalue weighted by Crippen LogP contribution is -2.17. The fourth-order valence-electron chi connectivity index (χ4n) is 1.41. The molecule has 4 N–H and O–H groups in total. The first kappa shape index (κ1) is 13.3. The molecule has 0 aliphatic heterocycles. The number of nitrogens with two attached hydrogens (primary N) is 2. The molecule has 0 amide bonds. The summed E-state index contributed by atoms with van der Waals surface area (Å²) in [5, 5.41) is 0. The predicted molar refractivity (Wildman–Crippen MR) is 64.4 cm³/mol. The first-order chi connectivity index (χ1) is 6.35. The topological polar surface area (TPSA) is 61.3 Å². The van der Waals surface area contributed by atoms with E-state index < -0.39 is 9.04 Å². The second-order valence-electron chi connectivity index (χ2n) is 3.43. The van der Waals surface area contributed by atoms with Crippen LogP contribution in [-0.2, 0) is 4.12 Å². The van der Waals surface area contributed by atoms with Crippen LogP contribution in [0.1, 0.15) is 25.7 Å². The SMILES string of the molecule is NCCCC[SiH](CCCCN)O[SiH3]. The van der Waals surface area contributed by atoms with Crippen molar-refractivity contribution in [1.82, 2.24) is 0 Å². The standard InChI is InChI=1S/C8H24N2OSi2/c9-5-1-3-7-13(11-12)8-4-2-6-10/h13H,1-10H2,12H3. The third kappa shape index (κ3) is 8.64. The van der Waals surface area contributed by atoms with Gasteiger partial charge in [-0.2, -0.15) is 0 Å². The van der Waals surface area contributed by atoms with Crippen molar-refractivity contribution in [3.63, 3.8) is 0 Å². The lowest BCUT2D eigenvalue weighted by atomic mass is 10.3. The van der Waals surface area contributed by atoms with Gasteiger partial charge in [-0.15, -0.1) is 0 Å². The Morgan fingerprint density at radius 1 is 0.923 bits per heavy atom. The fourth-order valence-corrected chi connectivity index (χ4v) is 5.08. The van der Waals surface area contributed by atoms with E-state index in [2.05, 4.69) is 0 Å². The Balaban J connectivity index is 3.28. The second-order valence-corrected chi connectivity index (χ2v) is 7.71. The molecule has 0 saturated heterocycles. The van der Waals surface area contributed by atoms with Gasteiger partial charge in [0.05, 0.1) is 0 Å². The maximum absolute atomic E-state index is 5.64. The minimum Gasteiger partial charge on any atom is -0.465 e. The molecule has 0 unspecified atom stereocenters. The van der Waals surface area contributed by atoms with Crippen LogP contribution in [-0.4, -0.2) is 32.6 Å². The molecule has 80 valence electrons. The molecule has 5 heteroatoms. The molecule has 0 rings (SSSR count). The van der Waals surface area contributed by atoms with E-state index in [1.165, 1.54) is 24.9 Å². The van der Waals surface area contributed by atoms with E-state index in [4.69, 9.17) is 15.6 Å². The van der Waals surface area contributed by atoms with Gasteiger partial charge in [0.25, 0.3) is 0 Å². The van der Waals surface area contributed by atoms with Gasteiger partial charge in [0.1, 0.15) is 10.5 Å². The molecule has 13 heavy (non-hydrogen) atoms. The lowest BCUT2D eigenvalue weighted by Gasteiger charge is -2.12. The molecular formula is C8H24N2OSi2. The highest BCUT2D eigenvalue weighted by atomic mass is 28.3. The van der Waals surface area contributed by atoms with Crippen LogP contribution in [0, 0.1) is 0 Å². The maximum Gasteiger partial charge on any atom is 0.162 e. The average molecular weight is 220 g/mol. The summed E-state index contributed by atoms with van der Waals surface area (Å²) in [6.07, 6.45) is 4.84. The van der Waals surface area contributed by atoms with Crippen LogP contribution < -0.4 is 11.5 Å². The van der Waals surface area contributed by atoms with Crippen LogP contribution in [0.2, 0.25) is 12.1 Å². The highest BCUT2D eigenvalue weighted by Gasteiger charge is 2.07. The van der Waals surface area contributed by atoms with E-state index in [1.807, 2.05) is 0 Å². The monoisotopic (exact) mass is 220 g/mol.